The number of amides is 1. The third-order valence-electron chi connectivity index (χ3n) is 1.65. The summed E-state index contributed by atoms with van der Waals surface area (Å²) in [6.07, 6.45) is 0.553. The van der Waals surface area contributed by atoms with Crippen molar-refractivity contribution in [1.82, 2.24) is 5.32 Å². The molecule has 0 unspecified atom stereocenters. The van der Waals surface area contributed by atoms with E-state index >= 15 is 0 Å². The summed E-state index contributed by atoms with van der Waals surface area (Å²) in [6, 6.07) is 0. The number of carbonyl (C=O) groups is 1. The van der Waals surface area contributed by atoms with E-state index in [4.69, 9.17) is 10.5 Å². The minimum absolute atomic E-state index is 0.360. The van der Waals surface area contributed by atoms with Crippen LogP contribution in [0.2, 0.25) is 0 Å². The van der Waals surface area contributed by atoms with Gasteiger partial charge in [0.05, 0.1) is 0 Å². The maximum Gasteiger partial charge on any atom is 0.407 e. The molecule has 0 heterocycles. The van der Waals surface area contributed by atoms with Crippen LogP contribution in [0, 0.1) is 5.92 Å². The molecule has 0 radical (unpaired) electrons. The molecule has 14 heavy (non-hydrogen) atoms. The van der Waals surface area contributed by atoms with Crippen molar-refractivity contribution in [2.45, 2.75) is 39.7 Å². The minimum atomic E-state index is -0.429. The summed E-state index contributed by atoms with van der Waals surface area (Å²) in [5.74, 6) is 0.396. The van der Waals surface area contributed by atoms with Crippen LogP contribution in [0.4, 0.5) is 4.79 Å². The van der Waals surface area contributed by atoms with Gasteiger partial charge in [-0.2, -0.15) is 0 Å². The van der Waals surface area contributed by atoms with Crippen LogP contribution in [0.15, 0.2) is 0 Å². The van der Waals surface area contributed by atoms with Crippen LogP contribution >= 0.6 is 0 Å². The van der Waals surface area contributed by atoms with Crippen molar-refractivity contribution in [3.05, 3.63) is 0 Å². The first-order valence-corrected chi connectivity index (χ1v) is 5.02. The largest absolute Gasteiger partial charge is 0.444 e. The third-order valence-corrected chi connectivity index (χ3v) is 1.65. The predicted molar refractivity (Wildman–Crippen MR) is 57.1 cm³/mol. The average molecular weight is 202 g/mol. The molecule has 0 aromatic rings. The molecule has 0 saturated heterocycles. The number of hydrogen-bond donors (Lipinski definition) is 2. The number of nitrogens with one attached hydrogen (secondary N) is 1. The highest BCUT2D eigenvalue weighted by molar-refractivity contribution is 5.67. The van der Waals surface area contributed by atoms with Crippen LogP contribution in [0.5, 0.6) is 0 Å². The molecular weight excluding hydrogens is 180 g/mol. The summed E-state index contributed by atoms with van der Waals surface area (Å²) < 4.78 is 5.08. The quantitative estimate of drug-likeness (QED) is 0.726. The summed E-state index contributed by atoms with van der Waals surface area (Å²) in [7, 11) is 0. The lowest BCUT2D eigenvalue weighted by Gasteiger charge is -2.20. The molecule has 0 bridgehead atoms. The zero-order chi connectivity index (χ0) is 11.2. The highest BCUT2D eigenvalue weighted by atomic mass is 16.6. The van der Waals surface area contributed by atoms with Crippen molar-refractivity contribution in [2.24, 2.45) is 11.7 Å². The lowest BCUT2D eigenvalue weighted by atomic mass is 10.1. The Morgan fingerprint density at radius 2 is 2.07 bits per heavy atom. The van der Waals surface area contributed by atoms with E-state index in [1.54, 1.807) is 0 Å². The van der Waals surface area contributed by atoms with Gasteiger partial charge in [-0.1, -0.05) is 6.92 Å². The summed E-state index contributed by atoms with van der Waals surface area (Å²) in [4.78, 5) is 11.2. The molecule has 1 atom stereocenters. The van der Waals surface area contributed by atoms with E-state index in [0.29, 0.717) is 19.0 Å². The predicted octanol–water partition coefficient (Wildman–Crippen LogP) is 1.50. The van der Waals surface area contributed by atoms with Gasteiger partial charge in [-0.15, -0.1) is 0 Å². The standard InChI is InChI=1S/C10H22N2O2/c1-8(5-6-11)7-12-9(13)14-10(2,3)4/h8H,5-7,11H2,1-4H3,(H,12,13)/t8-/m1/s1. The molecule has 0 saturated carbocycles. The second-order valence-corrected chi connectivity index (χ2v) is 4.57. The van der Waals surface area contributed by atoms with Crippen molar-refractivity contribution in [1.29, 1.82) is 0 Å². The molecule has 0 aliphatic rings. The fraction of sp³-hybridized carbons (Fsp3) is 0.900. The Labute approximate surface area is 86.2 Å². The second-order valence-electron chi connectivity index (χ2n) is 4.57. The number of carbonyl (C=O) groups excluding carboxylic acids is 1. The molecule has 0 rings (SSSR count). The SMILES string of the molecule is C[C@H](CCN)CNC(=O)OC(C)(C)C. The molecule has 4 nitrogen and oxygen atoms in total. The molecule has 0 fully saturated rings. The molecule has 0 aliphatic carbocycles. The number of rotatable bonds is 4. The zero-order valence-electron chi connectivity index (χ0n) is 9.59. The molecule has 1 amide bonds. The third kappa shape index (κ3) is 7.86. The van der Waals surface area contributed by atoms with Crippen molar-refractivity contribution < 1.29 is 9.53 Å². The molecule has 0 aliphatic heterocycles. The monoisotopic (exact) mass is 202 g/mol. The Hall–Kier alpha value is -0.770. The van der Waals surface area contributed by atoms with Crippen LogP contribution in [0.1, 0.15) is 34.1 Å². The lowest BCUT2D eigenvalue weighted by molar-refractivity contribution is 0.0520. The minimum Gasteiger partial charge on any atom is -0.444 e. The first-order valence-electron chi connectivity index (χ1n) is 5.02. The Kier molecular flexibility index (Phi) is 5.53. The number of hydrogen-bond acceptors (Lipinski definition) is 3. The Balaban J connectivity index is 3.64. The maximum absolute atomic E-state index is 11.2. The van der Waals surface area contributed by atoms with E-state index in [1.807, 2.05) is 27.7 Å². The lowest BCUT2D eigenvalue weighted by Crippen LogP contribution is -2.35. The number of ether oxygens (including phenoxy) is 1. The summed E-state index contributed by atoms with van der Waals surface area (Å²) >= 11 is 0. The van der Waals surface area contributed by atoms with Gasteiger partial charge in [-0.3, -0.25) is 0 Å². The van der Waals surface area contributed by atoms with Gasteiger partial charge >= 0.3 is 6.09 Å². The van der Waals surface area contributed by atoms with Gasteiger partial charge in [0, 0.05) is 6.54 Å². The fourth-order valence-corrected chi connectivity index (χ4v) is 0.958. The number of nitrogens with two attached hydrogens (primary N) is 1. The van der Waals surface area contributed by atoms with Crippen molar-refractivity contribution in [2.75, 3.05) is 13.1 Å². The molecule has 3 N–H and O–H groups in total. The van der Waals surface area contributed by atoms with E-state index in [-0.39, 0.29) is 6.09 Å². The van der Waals surface area contributed by atoms with Gasteiger partial charge in [-0.25, -0.2) is 4.79 Å². The summed E-state index contributed by atoms with van der Waals surface area (Å²) in [5.41, 5.74) is 4.96. The molecule has 84 valence electrons. The van der Waals surface area contributed by atoms with Crippen LogP contribution in [-0.2, 0) is 4.74 Å². The maximum atomic E-state index is 11.2. The highest BCUT2D eigenvalue weighted by Gasteiger charge is 2.16. The van der Waals surface area contributed by atoms with E-state index in [9.17, 15) is 4.79 Å². The molecule has 4 heteroatoms. The van der Waals surface area contributed by atoms with Crippen LogP contribution in [-0.4, -0.2) is 24.8 Å². The van der Waals surface area contributed by atoms with Crippen molar-refractivity contribution in [3.8, 4) is 0 Å². The summed E-state index contributed by atoms with van der Waals surface area (Å²) in [5, 5.41) is 2.71. The summed E-state index contributed by atoms with van der Waals surface area (Å²) in [6.45, 7) is 8.84. The van der Waals surface area contributed by atoms with Crippen LogP contribution in [0.3, 0.4) is 0 Å². The van der Waals surface area contributed by atoms with E-state index in [2.05, 4.69) is 5.32 Å². The van der Waals surface area contributed by atoms with Gasteiger partial charge in [0.2, 0.25) is 0 Å². The topological polar surface area (TPSA) is 64.3 Å². The van der Waals surface area contributed by atoms with E-state index in [1.165, 1.54) is 0 Å². The number of alkyl carbamates (subject to hydrolysis) is 1. The van der Waals surface area contributed by atoms with Gasteiger partial charge < -0.3 is 15.8 Å². The Bertz CT molecular complexity index is 175. The normalized spacial score (nSPS) is 13.5. The van der Waals surface area contributed by atoms with Crippen molar-refractivity contribution >= 4 is 6.09 Å². The van der Waals surface area contributed by atoms with E-state index in [0.717, 1.165) is 6.42 Å². The fourth-order valence-electron chi connectivity index (χ4n) is 0.958. The molecule has 0 spiro atoms. The highest BCUT2D eigenvalue weighted by Crippen LogP contribution is 2.06. The molecule has 0 aromatic carbocycles. The Morgan fingerprint density at radius 3 is 2.50 bits per heavy atom. The second kappa shape index (κ2) is 5.86. The van der Waals surface area contributed by atoms with Crippen LogP contribution < -0.4 is 11.1 Å². The smallest absolute Gasteiger partial charge is 0.407 e. The first-order chi connectivity index (χ1) is 6.35. The Morgan fingerprint density at radius 1 is 1.50 bits per heavy atom. The molecular formula is C10H22N2O2. The van der Waals surface area contributed by atoms with Gasteiger partial charge in [-0.05, 0) is 39.7 Å². The molecule has 0 aromatic heterocycles. The van der Waals surface area contributed by atoms with Crippen LogP contribution in [0.25, 0.3) is 0 Å². The van der Waals surface area contributed by atoms with Crippen molar-refractivity contribution in [3.63, 3.8) is 0 Å². The first kappa shape index (κ1) is 13.2. The van der Waals surface area contributed by atoms with Gasteiger partial charge in [0.25, 0.3) is 0 Å². The average Bonchev–Trinajstić information content (AvgIpc) is 1.98. The van der Waals surface area contributed by atoms with Gasteiger partial charge in [0.1, 0.15) is 5.60 Å². The van der Waals surface area contributed by atoms with E-state index < -0.39 is 5.60 Å². The van der Waals surface area contributed by atoms with Gasteiger partial charge in [0.15, 0.2) is 0 Å². The zero-order valence-corrected chi connectivity index (χ0v) is 9.59.